The van der Waals surface area contributed by atoms with E-state index in [2.05, 4.69) is 27.0 Å². The van der Waals surface area contributed by atoms with Crippen LogP contribution in [0.4, 0.5) is 4.79 Å². The zero-order valence-corrected chi connectivity index (χ0v) is 22.5. The monoisotopic (exact) mass is 540 g/mol. The largest absolute Gasteiger partial charge is 0.394 e. The molecule has 0 aromatic rings. The van der Waals surface area contributed by atoms with Crippen LogP contribution in [0.5, 0.6) is 0 Å². The van der Waals surface area contributed by atoms with Crippen LogP contribution in [-0.4, -0.2) is 92.2 Å². The van der Waals surface area contributed by atoms with Gasteiger partial charge in [-0.15, -0.1) is 47.0 Å². The first-order chi connectivity index (χ1) is 14.3. The summed E-state index contributed by atoms with van der Waals surface area (Å²) in [6.07, 6.45) is 1.26. The van der Waals surface area contributed by atoms with Crippen molar-refractivity contribution in [1.29, 1.82) is 0 Å². The molecule has 0 spiro atoms. The number of nitrogens with one attached hydrogen (secondary N) is 1. The van der Waals surface area contributed by atoms with Crippen LogP contribution in [0.15, 0.2) is 4.99 Å². The number of aliphatic hydroxyl groups excluding tert-OH is 1. The van der Waals surface area contributed by atoms with Crippen LogP contribution in [0.25, 0.3) is 0 Å². The Balaban J connectivity index is 3.17. The lowest BCUT2D eigenvalue weighted by Crippen LogP contribution is -2.22. The van der Waals surface area contributed by atoms with E-state index >= 15 is 0 Å². The Bertz CT molecular complexity index is 385. The molecule has 0 heterocycles. The quantitative estimate of drug-likeness (QED) is 0.0503. The highest BCUT2D eigenvalue weighted by molar-refractivity contribution is 8.23. The summed E-state index contributed by atoms with van der Waals surface area (Å²) in [4.78, 5) is 25.0. The Morgan fingerprint density at radius 1 is 0.966 bits per heavy atom. The molecular weight excluding hydrogens is 509 g/mol. The topological polar surface area (TPSA) is 80.2 Å². The SMILES string of the molecule is CCSCSCSCCSC(=O)NCCSCSCSCC/N=C/OOCCO. The van der Waals surface area contributed by atoms with Gasteiger partial charge in [0.2, 0.25) is 6.40 Å². The molecule has 29 heavy (non-hydrogen) atoms. The highest BCUT2D eigenvalue weighted by atomic mass is 32.2. The Labute approximate surface area is 205 Å². The third kappa shape index (κ3) is 27.3. The highest BCUT2D eigenvalue weighted by Gasteiger charge is 2.01. The van der Waals surface area contributed by atoms with Crippen LogP contribution in [-0.2, 0) is 9.78 Å². The fraction of sp³-hybridized carbons (Fsp3) is 0.875. The van der Waals surface area contributed by atoms with Crippen molar-refractivity contribution >= 4 is 94.0 Å². The molecule has 0 radical (unpaired) electrons. The van der Waals surface area contributed by atoms with E-state index in [9.17, 15) is 4.79 Å². The minimum absolute atomic E-state index is 0.0678. The van der Waals surface area contributed by atoms with Gasteiger partial charge in [-0.2, -0.15) is 28.4 Å². The van der Waals surface area contributed by atoms with Gasteiger partial charge in [-0.1, -0.05) is 18.7 Å². The third-order valence-corrected chi connectivity index (χ3v) is 10.8. The molecular formula is C16H32N2O4S7. The van der Waals surface area contributed by atoms with E-state index in [1.165, 1.54) is 29.0 Å². The van der Waals surface area contributed by atoms with Crippen LogP contribution in [0.3, 0.4) is 0 Å². The maximum absolute atomic E-state index is 11.7. The van der Waals surface area contributed by atoms with Crippen molar-refractivity contribution in [1.82, 2.24) is 5.32 Å². The van der Waals surface area contributed by atoms with Gasteiger partial charge in [0, 0.05) is 49.9 Å². The minimum atomic E-state index is -0.0678. The Kier molecular flexibility index (Phi) is 28.6. The van der Waals surface area contributed by atoms with Crippen LogP contribution >= 0.6 is 82.3 Å². The molecule has 13 heteroatoms. The second-order valence-corrected chi connectivity index (χ2v) is 13.9. The number of hydrogen-bond donors (Lipinski definition) is 2. The first-order valence-corrected chi connectivity index (χ1v) is 17.0. The molecule has 0 rings (SSSR count). The van der Waals surface area contributed by atoms with E-state index in [1.54, 1.807) is 0 Å². The van der Waals surface area contributed by atoms with Crippen molar-refractivity contribution < 1.29 is 19.7 Å². The summed E-state index contributed by atoms with van der Waals surface area (Å²) in [6, 6.07) is 0. The van der Waals surface area contributed by atoms with E-state index in [0.717, 1.165) is 44.8 Å². The number of carbonyl (C=O) groups excluding carboxylic acids is 1. The average Bonchev–Trinajstić information content (AvgIpc) is 2.72. The molecule has 0 bridgehead atoms. The average molecular weight is 541 g/mol. The Morgan fingerprint density at radius 3 is 2.38 bits per heavy atom. The fourth-order valence-corrected chi connectivity index (χ4v) is 8.76. The molecule has 0 saturated heterocycles. The predicted molar refractivity (Wildman–Crippen MR) is 143 cm³/mol. The molecule has 0 atom stereocenters. The van der Waals surface area contributed by atoms with Gasteiger partial charge in [-0.05, 0) is 5.75 Å². The van der Waals surface area contributed by atoms with Crippen LogP contribution in [0.1, 0.15) is 6.92 Å². The van der Waals surface area contributed by atoms with E-state index in [0.29, 0.717) is 6.54 Å². The molecule has 0 aromatic carbocycles. The van der Waals surface area contributed by atoms with Gasteiger partial charge in [-0.25, -0.2) is 0 Å². The van der Waals surface area contributed by atoms with Gasteiger partial charge in [0.05, 0.1) is 13.2 Å². The smallest absolute Gasteiger partial charge is 0.279 e. The van der Waals surface area contributed by atoms with E-state index < -0.39 is 0 Å². The first kappa shape index (κ1) is 30.3. The second kappa shape index (κ2) is 27.3. The Hall–Kier alpha value is 1.31. The zero-order chi connectivity index (χ0) is 21.3. The molecule has 2 N–H and O–H groups in total. The summed E-state index contributed by atoms with van der Waals surface area (Å²) in [6.45, 7) is 3.67. The van der Waals surface area contributed by atoms with E-state index in [-0.39, 0.29) is 18.5 Å². The number of aliphatic imine (C=N–C) groups is 1. The summed E-state index contributed by atoms with van der Waals surface area (Å²) in [5.74, 6) is 4.96. The molecule has 172 valence electrons. The van der Waals surface area contributed by atoms with Crippen LogP contribution in [0.2, 0.25) is 0 Å². The minimum Gasteiger partial charge on any atom is -0.394 e. The number of thioether (sulfide) groups is 7. The van der Waals surface area contributed by atoms with Gasteiger partial charge in [0.1, 0.15) is 6.61 Å². The van der Waals surface area contributed by atoms with Crippen molar-refractivity contribution in [3.05, 3.63) is 0 Å². The second-order valence-electron chi connectivity index (χ2n) is 4.81. The number of hydrogen-bond acceptors (Lipinski definition) is 12. The highest BCUT2D eigenvalue weighted by Crippen LogP contribution is 2.19. The molecule has 0 unspecified atom stereocenters. The van der Waals surface area contributed by atoms with Crippen molar-refractivity contribution in [2.24, 2.45) is 4.99 Å². The first-order valence-electron chi connectivity index (χ1n) is 9.05. The molecule has 0 aliphatic rings. The van der Waals surface area contributed by atoms with Gasteiger partial charge in [-0.3, -0.25) is 9.79 Å². The summed E-state index contributed by atoms with van der Waals surface area (Å²) >= 11 is 12.8. The molecule has 1 amide bonds. The van der Waals surface area contributed by atoms with Gasteiger partial charge < -0.3 is 15.3 Å². The van der Waals surface area contributed by atoms with Crippen LogP contribution in [0, 0.1) is 0 Å². The number of rotatable bonds is 22. The summed E-state index contributed by atoms with van der Waals surface area (Å²) in [5, 5.41) is 15.9. The maximum atomic E-state index is 11.7. The lowest BCUT2D eigenvalue weighted by molar-refractivity contribution is -0.221. The third-order valence-electron chi connectivity index (χ3n) is 2.57. The lowest BCUT2D eigenvalue weighted by atomic mass is 10.8. The number of carbonyl (C=O) groups is 1. The van der Waals surface area contributed by atoms with Crippen molar-refractivity contribution in [3.63, 3.8) is 0 Å². The van der Waals surface area contributed by atoms with Gasteiger partial charge in [0.15, 0.2) is 0 Å². The molecule has 6 nitrogen and oxygen atoms in total. The predicted octanol–water partition coefficient (Wildman–Crippen LogP) is 4.65. The number of nitrogens with zero attached hydrogens (tertiary/aromatic N) is 1. The molecule has 0 aromatic heterocycles. The summed E-state index contributed by atoms with van der Waals surface area (Å²) in [7, 11) is 0. The van der Waals surface area contributed by atoms with Gasteiger partial charge >= 0.3 is 0 Å². The van der Waals surface area contributed by atoms with E-state index in [1.807, 2.05) is 70.6 Å². The summed E-state index contributed by atoms with van der Waals surface area (Å²) in [5.41, 5.74) is 0. The van der Waals surface area contributed by atoms with Gasteiger partial charge in [0.25, 0.3) is 5.24 Å². The van der Waals surface area contributed by atoms with Crippen molar-refractivity contribution in [2.45, 2.75) is 6.92 Å². The maximum Gasteiger partial charge on any atom is 0.279 e. The molecule has 0 fully saturated rings. The molecule has 0 saturated carbocycles. The van der Waals surface area contributed by atoms with Crippen molar-refractivity contribution in [3.8, 4) is 0 Å². The number of aliphatic hydroxyl groups is 1. The standard InChI is InChI=1S/C16H32N2O4S7/c1-2-23-12-27-15-26-9-10-29-16(20)18-4-8-25-14-28-13-24-7-3-17-11-22-21-6-5-19/h11,19H,2-10,12-15H2,1H3,(H,18,20)/b17-11+. The number of amides is 1. The van der Waals surface area contributed by atoms with Crippen LogP contribution < -0.4 is 5.32 Å². The molecule has 0 aliphatic heterocycles. The summed E-state index contributed by atoms with van der Waals surface area (Å²) < 4.78 is 0. The Morgan fingerprint density at radius 2 is 1.66 bits per heavy atom. The fourth-order valence-electron chi connectivity index (χ4n) is 1.35. The zero-order valence-electron chi connectivity index (χ0n) is 16.7. The van der Waals surface area contributed by atoms with E-state index in [4.69, 9.17) is 5.11 Å². The normalized spacial score (nSPS) is 11.2. The molecule has 0 aliphatic carbocycles. The lowest BCUT2D eigenvalue weighted by Gasteiger charge is -2.05. The van der Waals surface area contributed by atoms with Crippen molar-refractivity contribution in [2.75, 3.05) is 75.4 Å².